The molecule has 0 spiro atoms. The van der Waals surface area contributed by atoms with Crippen LogP contribution in [0.25, 0.3) is 10.6 Å². The lowest BCUT2D eigenvalue weighted by molar-refractivity contribution is 0.0954. The van der Waals surface area contributed by atoms with Crippen LogP contribution in [0.4, 0.5) is 8.78 Å². The lowest BCUT2D eigenvalue weighted by Crippen LogP contribution is -2.22. The van der Waals surface area contributed by atoms with E-state index in [0.717, 1.165) is 23.5 Å². The highest BCUT2D eigenvalue weighted by Gasteiger charge is 2.20. The van der Waals surface area contributed by atoms with Gasteiger partial charge < -0.3 is 15.4 Å². The molecular formula is C17H13F2N3O3S. The molecule has 6 nitrogen and oxygen atoms in total. The average Bonchev–Trinajstić information content (AvgIpc) is 2.97. The second-order valence-electron chi connectivity index (χ2n) is 5.43. The van der Waals surface area contributed by atoms with Gasteiger partial charge in [-0.15, -0.1) is 11.3 Å². The second-order valence-corrected chi connectivity index (χ2v) is 6.43. The van der Waals surface area contributed by atoms with Crippen LogP contribution < -0.4 is 10.9 Å². The van der Waals surface area contributed by atoms with Gasteiger partial charge in [-0.25, -0.2) is 13.8 Å². The Morgan fingerprint density at radius 2 is 2.08 bits per heavy atom. The van der Waals surface area contributed by atoms with Gasteiger partial charge in [0.2, 0.25) is 0 Å². The molecule has 2 aromatic heterocycles. The smallest absolute Gasteiger partial charge is 0.263 e. The van der Waals surface area contributed by atoms with Gasteiger partial charge in [0, 0.05) is 12.7 Å². The number of aromatic hydroxyl groups is 1. The quantitative estimate of drug-likeness (QED) is 0.652. The molecule has 0 aliphatic heterocycles. The summed E-state index contributed by atoms with van der Waals surface area (Å²) >= 11 is 0.953. The van der Waals surface area contributed by atoms with E-state index in [1.54, 1.807) is 6.92 Å². The van der Waals surface area contributed by atoms with E-state index in [-0.39, 0.29) is 27.7 Å². The van der Waals surface area contributed by atoms with Crippen LogP contribution in [-0.2, 0) is 6.54 Å². The number of pyridine rings is 1. The van der Waals surface area contributed by atoms with Crippen LogP contribution in [0.3, 0.4) is 0 Å². The second kappa shape index (κ2) is 7.04. The molecule has 1 amide bonds. The van der Waals surface area contributed by atoms with E-state index in [9.17, 15) is 23.5 Å². The van der Waals surface area contributed by atoms with E-state index in [1.165, 1.54) is 18.3 Å². The van der Waals surface area contributed by atoms with Gasteiger partial charge in [0.05, 0.1) is 5.69 Å². The number of rotatable bonds is 4. The molecule has 0 radical (unpaired) electrons. The maximum absolute atomic E-state index is 13.2. The van der Waals surface area contributed by atoms with E-state index in [0.29, 0.717) is 11.3 Å². The van der Waals surface area contributed by atoms with Gasteiger partial charge in [-0.05, 0) is 30.7 Å². The minimum atomic E-state index is -0.994. The molecule has 0 saturated heterocycles. The normalized spacial score (nSPS) is 10.7. The first-order chi connectivity index (χ1) is 12.4. The van der Waals surface area contributed by atoms with Gasteiger partial charge in [0.15, 0.2) is 11.6 Å². The molecule has 0 unspecified atom stereocenters. The lowest BCUT2D eigenvalue weighted by atomic mass is 10.2. The number of hydrogen-bond donors (Lipinski definition) is 3. The van der Waals surface area contributed by atoms with E-state index in [1.807, 2.05) is 0 Å². The number of carbonyl (C=O) groups excluding carboxylic acids is 1. The van der Waals surface area contributed by atoms with Crippen LogP contribution in [-0.4, -0.2) is 21.0 Å². The lowest BCUT2D eigenvalue weighted by Gasteiger charge is -2.05. The Hall–Kier alpha value is -3.07. The topological polar surface area (TPSA) is 95.1 Å². The molecule has 0 fully saturated rings. The minimum Gasteiger partial charge on any atom is -0.507 e. The first-order valence-corrected chi connectivity index (χ1v) is 8.29. The standard InChI is InChI=1S/C17H13F2N3O3S/c1-8-14(16(25)21-7-9-2-3-10(18)11(19)6-9)26-17(22-8)13-12(23)4-5-20-15(13)24/h2-6H,7H2,1H3,(H,21,25)(H2,20,23,24). The molecule has 0 aliphatic rings. The molecule has 3 rings (SSSR count). The SMILES string of the molecule is Cc1nc(-c2c(O)cc[nH]c2=O)sc1C(=O)NCc1ccc(F)c(F)c1. The third kappa shape index (κ3) is 3.47. The number of aromatic amines is 1. The van der Waals surface area contributed by atoms with Crippen LogP contribution in [0.5, 0.6) is 5.75 Å². The Kier molecular flexibility index (Phi) is 4.81. The van der Waals surface area contributed by atoms with Gasteiger partial charge in [0.25, 0.3) is 11.5 Å². The number of hydrogen-bond acceptors (Lipinski definition) is 5. The van der Waals surface area contributed by atoms with Gasteiger partial charge >= 0.3 is 0 Å². The number of thiazole rings is 1. The fourth-order valence-corrected chi connectivity index (χ4v) is 3.33. The number of aromatic nitrogens is 2. The van der Waals surface area contributed by atoms with Gasteiger partial charge in [-0.3, -0.25) is 9.59 Å². The van der Waals surface area contributed by atoms with Gasteiger partial charge in [-0.1, -0.05) is 6.07 Å². The van der Waals surface area contributed by atoms with Crippen molar-refractivity contribution in [3.8, 4) is 16.3 Å². The van der Waals surface area contributed by atoms with Crippen molar-refractivity contribution in [2.45, 2.75) is 13.5 Å². The molecule has 134 valence electrons. The summed E-state index contributed by atoms with van der Waals surface area (Å²) in [7, 11) is 0. The van der Waals surface area contributed by atoms with E-state index in [2.05, 4.69) is 15.3 Å². The number of halogens is 2. The molecule has 0 atom stereocenters. The molecule has 0 saturated carbocycles. The molecule has 3 N–H and O–H groups in total. The van der Waals surface area contributed by atoms with Gasteiger partial charge in [-0.2, -0.15) is 0 Å². The summed E-state index contributed by atoms with van der Waals surface area (Å²) in [4.78, 5) is 31.1. The van der Waals surface area contributed by atoms with E-state index >= 15 is 0 Å². The number of aryl methyl sites for hydroxylation is 1. The zero-order valence-electron chi connectivity index (χ0n) is 13.5. The van der Waals surface area contributed by atoms with Crippen molar-refractivity contribution < 1.29 is 18.7 Å². The Balaban J connectivity index is 1.81. The largest absolute Gasteiger partial charge is 0.507 e. The summed E-state index contributed by atoms with van der Waals surface area (Å²) in [5.41, 5.74) is 0.250. The Morgan fingerprint density at radius 3 is 2.77 bits per heavy atom. The van der Waals surface area contributed by atoms with Gasteiger partial charge in [0.1, 0.15) is 21.2 Å². The molecule has 0 bridgehead atoms. The highest BCUT2D eigenvalue weighted by Crippen LogP contribution is 2.30. The number of benzene rings is 1. The van der Waals surface area contributed by atoms with Crippen molar-refractivity contribution in [1.29, 1.82) is 0 Å². The monoisotopic (exact) mass is 377 g/mol. The molecule has 1 aromatic carbocycles. The van der Waals surface area contributed by atoms with Crippen molar-refractivity contribution in [3.63, 3.8) is 0 Å². The molecule has 2 heterocycles. The van der Waals surface area contributed by atoms with Crippen molar-refractivity contribution in [1.82, 2.24) is 15.3 Å². The first kappa shape index (κ1) is 17.7. The Bertz CT molecular complexity index is 1050. The highest BCUT2D eigenvalue weighted by molar-refractivity contribution is 7.17. The fourth-order valence-electron chi connectivity index (χ4n) is 2.30. The fraction of sp³-hybridized carbons (Fsp3) is 0.118. The maximum atomic E-state index is 13.2. The summed E-state index contributed by atoms with van der Waals surface area (Å²) in [6.07, 6.45) is 1.30. The third-order valence-corrected chi connectivity index (χ3v) is 4.77. The summed E-state index contributed by atoms with van der Waals surface area (Å²) in [6.45, 7) is 1.60. The van der Waals surface area contributed by atoms with Crippen molar-refractivity contribution in [3.05, 3.63) is 68.6 Å². The predicted octanol–water partition coefficient (Wildman–Crippen LogP) is 2.72. The number of H-pyrrole nitrogens is 1. The molecule has 3 aromatic rings. The highest BCUT2D eigenvalue weighted by atomic mass is 32.1. The number of nitrogens with zero attached hydrogens (tertiary/aromatic N) is 1. The third-order valence-electron chi connectivity index (χ3n) is 3.59. The first-order valence-electron chi connectivity index (χ1n) is 7.47. The Labute approximate surface area is 150 Å². The zero-order valence-corrected chi connectivity index (χ0v) is 14.3. The van der Waals surface area contributed by atoms with Crippen LogP contribution in [0.2, 0.25) is 0 Å². The van der Waals surface area contributed by atoms with E-state index < -0.39 is 23.1 Å². The Morgan fingerprint density at radius 1 is 1.31 bits per heavy atom. The van der Waals surface area contributed by atoms with Crippen molar-refractivity contribution >= 4 is 17.2 Å². The van der Waals surface area contributed by atoms with Crippen molar-refractivity contribution in [2.75, 3.05) is 0 Å². The number of carbonyl (C=O) groups is 1. The van der Waals surface area contributed by atoms with Crippen LogP contribution in [0.15, 0.2) is 35.3 Å². The van der Waals surface area contributed by atoms with Crippen molar-refractivity contribution in [2.24, 2.45) is 0 Å². The predicted molar refractivity (Wildman–Crippen MR) is 92.1 cm³/mol. The number of nitrogens with one attached hydrogen (secondary N) is 2. The molecular weight excluding hydrogens is 364 g/mol. The molecule has 9 heteroatoms. The van der Waals surface area contributed by atoms with E-state index in [4.69, 9.17) is 0 Å². The summed E-state index contributed by atoms with van der Waals surface area (Å²) < 4.78 is 26.1. The summed E-state index contributed by atoms with van der Waals surface area (Å²) in [6, 6.07) is 4.67. The summed E-state index contributed by atoms with van der Waals surface area (Å²) in [5, 5.41) is 12.7. The number of amides is 1. The van der Waals surface area contributed by atoms with Crippen LogP contribution >= 0.6 is 11.3 Å². The zero-order chi connectivity index (χ0) is 18.8. The molecule has 0 aliphatic carbocycles. The van der Waals surface area contributed by atoms with Crippen LogP contribution in [0.1, 0.15) is 20.9 Å². The van der Waals surface area contributed by atoms with Crippen LogP contribution in [0, 0.1) is 18.6 Å². The average molecular weight is 377 g/mol. The molecule has 26 heavy (non-hydrogen) atoms. The maximum Gasteiger partial charge on any atom is 0.263 e. The summed E-state index contributed by atoms with van der Waals surface area (Å²) in [5.74, 6) is -2.67. The minimum absolute atomic E-state index is 0.000122.